The molecule has 2 heterocycles. The number of Topliss-reactive ketones (excluding diaryl/α,β-unsaturated/α-hetero) is 1. The van der Waals surface area contributed by atoms with Crippen molar-refractivity contribution in [3.05, 3.63) is 46.3 Å². The average molecular weight is 665 g/mol. The van der Waals surface area contributed by atoms with Crippen LogP contribution in [0.1, 0.15) is 81.4 Å². The Morgan fingerprint density at radius 2 is 1.77 bits per heavy atom. The van der Waals surface area contributed by atoms with Crippen molar-refractivity contribution in [2.75, 3.05) is 31.3 Å². The number of esters is 1. The van der Waals surface area contributed by atoms with Gasteiger partial charge in [-0.3, -0.25) is 19.9 Å². The highest BCUT2D eigenvalue weighted by atomic mass is 79.9. The zero-order chi connectivity index (χ0) is 30.9. The first kappa shape index (κ1) is 33.8. The van der Waals surface area contributed by atoms with Gasteiger partial charge in [0.15, 0.2) is 23.1 Å². The van der Waals surface area contributed by atoms with Gasteiger partial charge in [-0.15, -0.1) is 17.0 Å². The standard InChI is InChI=1S/C31H38FN3O7.BrH/c1-7-40-23-14-18-15-34(29(33)25(18)26(32)28(23)41-8-2)16-22(36)17-12-19(31(4,5)6)27(38)21(13-17)35-20(10-11-24(35)37)30(39)42-9-3;/h12-14,20,33,38H,7-11,15-16H2,1-6H3;1H. The van der Waals surface area contributed by atoms with Crippen LogP contribution in [0.25, 0.3) is 0 Å². The molecule has 0 aromatic heterocycles. The highest BCUT2D eigenvalue weighted by Crippen LogP contribution is 2.43. The van der Waals surface area contributed by atoms with E-state index in [1.54, 1.807) is 32.9 Å². The monoisotopic (exact) mass is 663 g/mol. The Bertz CT molecular complexity index is 1440. The summed E-state index contributed by atoms with van der Waals surface area (Å²) in [5.74, 6) is -2.26. The molecule has 2 N–H and O–H groups in total. The molecule has 0 radical (unpaired) electrons. The first-order valence-electron chi connectivity index (χ1n) is 14.2. The van der Waals surface area contributed by atoms with E-state index < -0.39 is 29.0 Å². The molecule has 0 aliphatic carbocycles. The van der Waals surface area contributed by atoms with Crippen LogP contribution in [-0.4, -0.2) is 65.9 Å². The number of phenolic OH excluding ortho intramolecular Hbond substituents is 1. The fourth-order valence-electron chi connectivity index (χ4n) is 5.41. The Labute approximate surface area is 261 Å². The number of amides is 1. The first-order valence-corrected chi connectivity index (χ1v) is 14.2. The topological polar surface area (TPSA) is 129 Å². The van der Waals surface area contributed by atoms with Crippen molar-refractivity contribution in [3.63, 3.8) is 0 Å². The van der Waals surface area contributed by atoms with Gasteiger partial charge in [-0.05, 0) is 56.4 Å². The van der Waals surface area contributed by atoms with Crippen LogP contribution in [0.5, 0.6) is 17.2 Å². The second-order valence-corrected chi connectivity index (χ2v) is 11.3. The fourth-order valence-corrected chi connectivity index (χ4v) is 5.41. The van der Waals surface area contributed by atoms with Crippen LogP contribution in [0.3, 0.4) is 0 Å². The number of hydrogen-bond donors (Lipinski definition) is 2. The molecular formula is C31H39BrFN3O7. The molecule has 10 nitrogen and oxygen atoms in total. The molecule has 1 amide bonds. The molecule has 1 unspecified atom stereocenters. The summed E-state index contributed by atoms with van der Waals surface area (Å²) in [6.07, 6.45) is 0.316. The van der Waals surface area contributed by atoms with E-state index in [0.717, 1.165) is 0 Å². The number of hydrogen-bond acceptors (Lipinski definition) is 8. The fraction of sp³-hybridized carbons (Fsp3) is 0.484. The molecule has 0 bridgehead atoms. The van der Waals surface area contributed by atoms with Crippen molar-refractivity contribution in [2.45, 2.75) is 72.4 Å². The van der Waals surface area contributed by atoms with E-state index in [1.165, 1.54) is 15.9 Å². The van der Waals surface area contributed by atoms with E-state index in [4.69, 9.17) is 19.6 Å². The molecule has 1 fully saturated rings. The summed E-state index contributed by atoms with van der Waals surface area (Å²) in [6, 6.07) is 3.67. The number of amidine groups is 1. The largest absolute Gasteiger partial charge is 0.505 e. The smallest absolute Gasteiger partial charge is 0.329 e. The molecular weight excluding hydrogens is 625 g/mol. The predicted molar refractivity (Wildman–Crippen MR) is 165 cm³/mol. The average Bonchev–Trinajstić information content (AvgIpc) is 3.45. The summed E-state index contributed by atoms with van der Waals surface area (Å²) < 4.78 is 31.7. The number of anilines is 1. The first-order chi connectivity index (χ1) is 19.8. The molecule has 2 aliphatic rings. The number of benzene rings is 2. The normalized spacial score (nSPS) is 16.2. The number of ether oxygens (including phenoxy) is 3. The zero-order valence-corrected chi connectivity index (χ0v) is 27.0. The number of phenols is 1. The SMILES string of the molecule is Br.CCOC(=O)C1CCC(=O)N1c1cc(C(=O)CN2Cc3cc(OCC)c(OCC)c(F)c3C2=N)cc(C(C)(C)C)c1O. The van der Waals surface area contributed by atoms with Crippen LogP contribution >= 0.6 is 17.0 Å². The molecule has 2 aliphatic heterocycles. The van der Waals surface area contributed by atoms with Crippen molar-refractivity contribution in [1.29, 1.82) is 5.41 Å². The summed E-state index contributed by atoms with van der Waals surface area (Å²) in [4.78, 5) is 42.0. The molecule has 1 atom stereocenters. The van der Waals surface area contributed by atoms with Gasteiger partial charge in [0.25, 0.3) is 0 Å². The van der Waals surface area contributed by atoms with Gasteiger partial charge in [0.2, 0.25) is 5.91 Å². The minimum absolute atomic E-state index is 0. The number of rotatable bonds is 10. The minimum atomic E-state index is -0.926. The molecule has 43 heavy (non-hydrogen) atoms. The molecule has 0 spiro atoms. The molecule has 234 valence electrons. The van der Waals surface area contributed by atoms with Crippen molar-refractivity contribution >= 4 is 46.2 Å². The summed E-state index contributed by atoms with van der Waals surface area (Å²) in [7, 11) is 0. The number of carbonyl (C=O) groups is 3. The quantitative estimate of drug-likeness (QED) is 0.259. The van der Waals surface area contributed by atoms with Gasteiger partial charge >= 0.3 is 5.97 Å². The van der Waals surface area contributed by atoms with Crippen LogP contribution in [0.15, 0.2) is 18.2 Å². The highest BCUT2D eigenvalue weighted by Gasteiger charge is 2.41. The molecule has 2 aromatic rings. The molecule has 2 aromatic carbocycles. The third-order valence-electron chi connectivity index (χ3n) is 7.36. The molecule has 1 saturated heterocycles. The number of aromatic hydroxyl groups is 1. The van der Waals surface area contributed by atoms with E-state index >= 15 is 4.39 Å². The lowest BCUT2D eigenvalue weighted by Crippen LogP contribution is -2.40. The van der Waals surface area contributed by atoms with Crippen molar-refractivity contribution in [1.82, 2.24) is 4.90 Å². The van der Waals surface area contributed by atoms with Crippen LogP contribution < -0.4 is 14.4 Å². The molecule has 12 heteroatoms. The van der Waals surface area contributed by atoms with Gasteiger partial charge in [0, 0.05) is 24.1 Å². The van der Waals surface area contributed by atoms with Crippen molar-refractivity contribution in [2.24, 2.45) is 0 Å². The van der Waals surface area contributed by atoms with Gasteiger partial charge in [0.1, 0.15) is 17.6 Å². The Morgan fingerprint density at radius 1 is 1.09 bits per heavy atom. The van der Waals surface area contributed by atoms with E-state index in [0.29, 0.717) is 17.7 Å². The molecule has 4 rings (SSSR count). The van der Waals surface area contributed by atoms with Gasteiger partial charge < -0.3 is 24.2 Å². The lowest BCUT2D eigenvalue weighted by Gasteiger charge is -2.29. The third-order valence-corrected chi connectivity index (χ3v) is 7.36. The maximum atomic E-state index is 15.5. The number of nitrogens with one attached hydrogen (secondary N) is 1. The Kier molecular flexibility index (Phi) is 10.5. The van der Waals surface area contributed by atoms with E-state index in [-0.39, 0.29) is 102 Å². The molecule has 0 saturated carbocycles. The van der Waals surface area contributed by atoms with Crippen LogP contribution in [-0.2, 0) is 26.3 Å². The minimum Gasteiger partial charge on any atom is -0.505 e. The number of halogens is 2. The summed E-state index contributed by atoms with van der Waals surface area (Å²) in [6.45, 7) is 11.2. The lowest BCUT2D eigenvalue weighted by molar-refractivity contribution is -0.144. The van der Waals surface area contributed by atoms with Crippen LogP contribution in [0, 0.1) is 11.2 Å². The van der Waals surface area contributed by atoms with Crippen molar-refractivity contribution in [3.8, 4) is 17.2 Å². The third kappa shape index (κ3) is 6.48. The van der Waals surface area contributed by atoms with Crippen LogP contribution in [0.4, 0.5) is 10.1 Å². The Hall–Kier alpha value is -3.67. The highest BCUT2D eigenvalue weighted by molar-refractivity contribution is 8.93. The van der Waals surface area contributed by atoms with E-state index in [2.05, 4.69) is 0 Å². The van der Waals surface area contributed by atoms with Gasteiger partial charge in [0.05, 0.1) is 37.6 Å². The van der Waals surface area contributed by atoms with E-state index in [9.17, 15) is 19.5 Å². The maximum Gasteiger partial charge on any atom is 0.329 e. The van der Waals surface area contributed by atoms with Crippen molar-refractivity contribution < 1.29 is 38.1 Å². The zero-order valence-electron chi connectivity index (χ0n) is 25.3. The Morgan fingerprint density at radius 3 is 2.37 bits per heavy atom. The number of carbonyl (C=O) groups excluding carboxylic acids is 3. The van der Waals surface area contributed by atoms with Gasteiger partial charge in [-0.1, -0.05) is 20.8 Å². The number of fused-ring (bicyclic) bond motifs is 1. The number of nitrogens with zero attached hydrogens (tertiary/aromatic N) is 2. The lowest BCUT2D eigenvalue weighted by atomic mass is 9.84. The second-order valence-electron chi connectivity index (χ2n) is 11.3. The van der Waals surface area contributed by atoms with Gasteiger partial charge in [-0.25, -0.2) is 9.18 Å². The maximum absolute atomic E-state index is 15.5. The Balaban J connectivity index is 0.00000506. The summed E-state index contributed by atoms with van der Waals surface area (Å²) in [5, 5.41) is 20.0. The summed E-state index contributed by atoms with van der Waals surface area (Å²) in [5.41, 5.74) is 0.584. The number of ketones is 1. The summed E-state index contributed by atoms with van der Waals surface area (Å²) >= 11 is 0. The van der Waals surface area contributed by atoms with Crippen LogP contribution in [0.2, 0.25) is 0 Å². The van der Waals surface area contributed by atoms with Gasteiger partial charge in [-0.2, -0.15) is 0 Å². The van der Waals surface area contributed by atoms with E-state index in [1.807, 2.05) is 20.8 Å². The second kappa shape index (κ2) is 13.3. The predicted octanol–water partition coefficient (Wildman–Crippen LogP) is 5.29.